The number of carbonyl (C=O) groups is 1. The Labute approximate surface area is 87.6 Å². The molecule has 5 heteroatoms. The van der Waals surface area contributed by atoms with Crippen molar-refractivity contribution >= 4 is 40.9 Å². The molecule has 0 aliphatic heterocycles. The van der Waals surface area contributed by atoms with Crippen molar-refractivity contribution in [2.45, 2.75) is 0 Å². The Morgan fingerprint density at radius 2 is 1.83 bits per heavy atom. The first-order chi connectivity index (χ1) is 5.76. The summed E-state index contributed by atoms with van der Waals surface area (Å²) in [5.74, 6) is 1.56. The molecule has 0 fully saturated rings. The van der Waals surface area contributed by atoms with Crippen LogP contribution in [0.4, 0.5) is 0 Å². The van der Waals surface area contributed by atoms with Crippen LogP contribution in [0, 0.1) is 0 Å². The van der Waals surface area contributed by atoms with E-state index in [2.05, 4.69) is 0 Å². The summed E-state index contributed by atoms with van der Waals surface area (Å²) in [6.45, 7) is 1.18. The number of rotatable bonds is 6. The van der Waals surface area contributed by atoms with E-state index in [1.807, 2.05) is 6.26 Å². The van der Waals surface area contributed by atoms with Gasteiger partial charge in [0.05, 0.1) is 5.75 Å². The first-order valence-electron chi connectivity index (χ1n) is 3.65. The summed E-state index contributed by atoms with van der Waals surface area (Å²) in [6, 6.07) is 0. The smallest absolute Gasteiger partial charge is 0.232 e. The standard InChI is InChI=1S/C7H13Cl2NOS/c1-12-6-7(11)10(4-2-8)5-3-9/h2-6H2,1H3. The number of thioether (sulfide) groups is 1. The normalized spacial score (nSPS) is 9.92. The van der Waals surface area contributed by atoms with Gasteiger partial charge in [0.25, 0.3) is 0 Å². The number of amides is 1. The average Bonchev–Trinajstić information content (AvgIpc) is 2.04. The van der Waals surface area contributed by atoms with Crippen LogP contribution in [-0.4, -0.2) is 47.7 Å². The molecule has 2 nitrogen and oxygen atoms in total. The van der Waals surface area contributed by atoms with Gasteiger partial charge in [-0.05, 0) is 6.26 Å². The van der Waals surface area contributed by atoms with Crippen LogP contribution in [-0.2, 0) is 4.79 Å². The van der Waals surface area contributed by atoms with Gasteiger partial charge in [0.2, 0.25) is 5.91 Å². The lowest BCUT2D eigenvalue weighted by Crippen LogP contribution is -2.35. The van der Waals surface area contributed by atoms with E-state index in [-0.39, 0.29) is 5.91 Å². The number of halogens is 2. The van der Waals surface area contributed by atoms with Gasteiger partial charge < -0.3 is 4.90 Å². The maximum absolute atomic E-state index is 11.3. The first kappa shape index (κ1) is 12.4. The summed E-state index contributed by atoms with van der Waals surface area (Å²) in [5.41, 5.74) is 0. The van der Waals surface area contributed by atoms with Crippen LogP contribution in [0.5, 0.6) is 0 Å². The molecule has 12 heavy (non-hydrogen) atoms. The molecule has 0 aromatic rings. The molecule has 72 valence electrons. The Kier molecular flexibility index (Phi) is 8.29. The van der Waals surface area contributed by atoms with Crippen LogP contribution < -0.4 is 0 Å². The summed E-state index contributed by atoms with van der Waals surface area (Å²) >= 11 is 12.6. The molecule has 0 unspecified atom stereocenters. The van der Waals surface area contributed by atoms with Crippen molar-refractivity contribution in [3.63, 3.8) is 0 Å². The molecular formula is C7H13Cl2NOS. The van der Waals surface area contributed by atoms with Crippen LogP contribution in [0.15, 0.2) is 0 Å². The molecule has 0 spiro atoms. The highest BCUT2D eigenvalue weighted by atomic mass is 35.5. The zero-order chi connectivity index (χ0) is 9.40. The van der Waals surface area contributed by atoms with Crippen molar-refractivity contribution in [2.75, 3.05) is 36.9 Å². The topological polar surface area (TPSA) is 20.3 Å². The molecule has 0 saturated carbocycles. The van der Waals surface area contributed by atoms with E-state index in [4.69, 9.17) is 23.2 Å². The molecule has 0 aromatic carbocycles. The lowest BCUT2D eigenvalue weighted by Gasteiger charge is -2.19. The molecule has 0 radical (unpaired) electrons. The zero-order valence-electron chi connectivity index (χ0n) is 7.06. The fourth-order valence-electron chi connectivity index (χ4n) is 0.780. The SMILES string of the molecule is CSCC(=O)N(CCCl)CCCl. The van der Waals surface area contributed by atoms with E-state index in [1.165, 1.54) is 11.8 Å². The highest BCUT2D eigenvalue weighted by Crippen LogP contribution is 1.99. The molecule has 0 atom stereocenters. The van der Waals surface area contributed by atoms with Crippen molar-refractivity contribution in [2.24, 2.45) is 0 Å². The van der Waals surface area contributed by atoms with Crippen molar-refractivity contribution in [3.05, 3.63) is 0 Å². The molecule has 0 aromatic heterocycles. The number of carbonyl (C=O) groups excluding carboxylic acids is 1. The fraction of sp³-hybridized carbons (Fsp3) is 0.857. The number of hydrogen-bond acceptors (Lipinski definition) is 2. The van der Waals surface area contributed by atoms with Gasteiger partial charge in [0, 0.05) is 24.8 Å². The quantitative estimate of drug-likeness (QED) is 0.647. The van der Waals surface area contributed by atoms with Crippen LogP contribution in [0.25, 0.3) is 0 Å². The molecule has 0 heterocycles. The maximum atomic E-state index is 11.3. The molecule has 0 N–H and O–H groups in total. The highest BCUT2D eigenvalue weighted by Gasteiger charge is 2.10. The van der Waals surface area contributed by atoms with Crippen LogP contribution in [0.1, 0.15) is 0 Å². The Hall–Kier alpha value is 0.400. The lowest BCUT2D eigenvalue weighted by molar-refractivity contribution is -0.127. The van der Waals surface area contributed by atoms with Gasteiger partial charge in [-0.2, -0.15) is 11.8 Å². The van der Waals surface area contributed by atoms with Crippen LogP contribution >= 0.6 is 35.0 Å². The van der Waals surface area contributed by atoms with Gasteiger partial charge in [-0.25, -0.2) is 0 Å². The second-order valence-corrected chi connectivity index (χ2v) is 3.81. The Morgan fingerprint density at radius 1 is 1.33 bits per heavy atom. The summed E-state index contributed by atoms with van der Waals surface area (Å²) in [6.07, 6.45) is 1.90. The Bertz CT molecular complexity index is 129. The molecule has 0 aliphatic carbocycles. The van der Waals surface area contributed by atoms with Crippen molar-refractivity contribution in [1.82, 2.24) is 4.90 Å². The van der Waals surface area contributed by atoms with E-state index < -0.39 is 0 Å². The van der Waals surface area contributed by atoms with Gasteiger partial charge >= 0.3 is 0 Å². The van der Waals surface area contributed by atoms with E-state index in [0.717, 1.165) is 0 Å². The third kappa shape index (κ3) is 5.12. The summed E-state index contributed by atoms with van der Waals surface area (Å²) in [7, 11) is 0. The molecule has 1 amide bonds. The largest absolute Gasteiger partial charge is 0.340 e. The van der Waals surface area contributed by atoms with Gasteiger partial charge in [0.1, 0.15) is 0 Å². The van der Waals surface area contributed by atoms with Gasteiger partial charge in [-0.3, -0.25) is 4.79 Å². The molecule has 0 rings (SSSR count). The predicted molar refractivity (Wildman–Crippen MR) is 56.4 cm³/mol. The molecular weight excluding hydrogens is 217 g/mol. The minimum absolute atomic E-state index is 0.115. The minimum atomic E-state index is 0.115. The van der Waals surface area contributed by atoms with E-state index in [1.54, 1.807) is 4.90 Å². The highest BCUT2D eigenvalue weighted by molar-refractivity contribution is 7.99. The second-order valence-electron chi connectivity index (χ2n) is 2.19. The Morgan fingerprint density at radius 3 is 2.17 bits per heavy atom. The second kappa shape index (κ2) is 8.02. The van der Waals surface area contributed by atoms with Gasteiger partial charge in [-0.15, -0.1) is 23.2 Å². The monoisotopic (exact) mass is 229 g/mol. The number of alkyl halides is 2. The minimum Gasteiger partial charge on any atom is -0.340 e. The third-order valence-corrected chi connectivity index (χ3v) is 2.20. The molecule has 0 aliphatic rings. The zero-order valence-corrected chi connectivity index (χ0v) is 9.38. The van der Waals surface area contributed by atoms with Gasteiger partial charge in [0.15, 0.2) is 0 Å². The van der Waals surface area contributed by atoms with Gasteiger partial charge in [-0.1, -0.05) is 0 Å². The maximum Gasteiger partial charge on any atom is 0.232 e. The van der Waals surface area contributed by atoms with Crippen molar-refractivity contribution in [1.29, 1.82) is 0 Å². The number of hydrogen-bond donors (Lipinski definition) is 0. The fourth-order valence-corrected chi connectivity index (χ4v) is 1.62. The average molecular weight is 230 g/mol. The first-order valence-corrected chi connectivity index (χ1v) is 6.11. The molecule has 0 saturated heterocycles. The number of nitrogens with zero attached hydrogens (tertiary/aromatic N) is 1. The van der Waals surface area contributed by atoms with Crippen LogP contribution in [0.3, 0.4) is 0 Å². The Balaban J connectivity index is 3.81. The lowest BCUT2D eigenvalue weighted by atomic mass is 10.5. The summed E-state index contributed by atoms with van der Waals surface area (Å²) < 4.78 is 0. The summed E-state index contributed by atoms with van der Waals surface area (Å²) in [5, 5.41) is 0. The van der Waals surface area contributed by atoms with Crippen molar-refractivity contribution < 1.29 is 4.79 Å². The van der Waals surface area contributed by atoms with E-state index >= 15 is 0 Å². The predicted octanol–water partition coefficient (Wildman–Crippen LogP) is 1.66. The molecule has 0 bridgehead atoms. The van der Waals surface area contributed by atoms with E-state index in [9.17, 15) is 4.79 Å². The van der Waals surface area contributed by atoms with Crippen molar-refractivity contribution in [3.8, 4) is 0 Å². The third-order valence-electron chi connectivity index (χ3n) is 1.33. The summed E-state index contributed by atoms with van der Waals surface area (Å²) in [4.78, 5) is 13.0. The van der Waals surface area contributed by atoms with E-state index in [0.29, 0.717) is 30.6 Å². The van der Waals surface area contributed by atoms with Crippen LogP contribution in [0.2, 0.25) is 0 Å².